The van der Waals surface area contributed by atoms with Gasteiger partial charge in [-0.15, -0.1) is 0 Å². The molecule has 76 valence electrons. The molecule has 1 rings (SSSR count). The Morgan fingerprint density at radius 2 is 2.31 bits per heavy atom. The molecule has 1 aliphatic rings. The molecule has 3 N–H and O–H groups in total. The summed E-state index contributed by atoms with van der Waals surface area (Å²) in [6.07, 6.45) is 11.3. The molecular formula is C11H22N2. The third-order valence-electron chi connectivity index (χ3n) is 2.80. The van der Waals surface area contributed by atoms with Crippen LogP contribution in [-0.2, 0) is 0 Å². The fourth-order valence-electron chi connectivity index (χ4n) is 2.02. The molecule has 0 fully saturated rings. The van der Waals surface area contributed by atoms with E-state index in [9.17, 15) is 0 Å². The summed E-state index contributed by atoms with van der Waals surface area (Å²) in [5.74, 6) is 5.55. The van der Waals surface area contributed by atoms with E-state index in [2.05, 4.69) is 18.4 Å². The first-order valence-corrected chi connectivity index (χ1v) is 5.53. The van der Waals surface area contributed by atoms with E-state index in [0.29, 0.717) is 6.04 Å². The van der Waals surface area contributed by atoms with E-state index in [4.69, 9.17) is 5.84 Å². The number of hydrogen-bond acceptors (Lipinski definition) is 2. The van der Waals surface area contributed by atoms with Gasteiger partial charge in [0.1, 0.15) is 0 Å². The predicted molar refractivity (Wildman–Crippen MR) is 57.2 cm³/mol. The van der Waals surface area contributed by atoms with Crippen LogP contribution in [-0.4, -0.2) is 6.04 Å². The monoisotopic (exact) mass is 182 g/mol. The first kappa shape index (κ1) is 10.7. The zero-order chi connectivity index (χ0) is 9.52. The first-order valence-electron chi connectivity index (χ1n) is 5.53. The fraction of sp³-hybridized carbons (Fsp3) is 0.818. The van der Waals surface area contributed by atoms with Crippen molar-refractivity contribution in [3.05, 3.63) is 11.6 Å². The topological polar surface area (TPSA) is 38.0 Å². The highest BCUT2D eigenvalue weighted by Crippen LogP contribution is 2.21. The highest BCUT2D eigenvalue weighted by atomic mass is 15.2. The third-order valence-corrected chi connectivity index (χ3v) is 2.80. The molecule has 0 saturated carbocycles. The molecule has 0 aromatic rings. The minimum atomic E-state index is 0.433. The van der Waals surface area contributed by atoms with Crippen molar-refractivity contribution >= 4 is 0 Å². The van der Waals surface area contributed by atoms with Crippen LogP contribution >= 0.6 is 0 Å². The smallest absolute Gasteiger partial charge is 0.0419 e. The van der Waals surface area contributed by atoms with Crippen LogP contribution in [0.15, 0.2) is 11.6 Å². The maximum absolute atomic E-state index is 5.55. The highest BCUT2D eigenvalue weighted by molar-refractivity contribution is 5.11. The van der Waals surface area contributed by atoms with Crippen molar-refractivity contribution in [2.24, 2.45) is 5.84 Å². The van der Waals surface area contributed by atoms with E-state index in [1.807, 2.05) is 0 Å². The van der Waals surface area contributed by atoms with Crippen LogP contribution in [0, 0.1) is 0 Å². The predicted octanol–water partition coefficient (Wildman–Crippen LogP) is 2.51. The van der Waals surface area contributed by atoms with Crippen molar-refractivity contribution in [1.29, 1.82) is 0 Å². The largest absolute Gasteiger partial charge is 0.271 e. The zero-order valence-corrected chi connectivity index (χ0v) is 8.68. The van der Waals surface area contributed by atoms with Crippen LogP contribution in [0.3, 0.4) is 0 Å². The summed E-state index contributed by atoms with van der Waals surface area (Å²) in [6, 6.07) is 0.433. The molecule has 0 aromatic heterocycles. The van der Waals surface area contributed by atoms with Crippen molar-refractivity contribution in [3.8, 4) is 0 Å². The van der Waals surface area contributed by atoms with E-state index in [-0.39, 0.29) is 0 Å². The Morgan fingerprint density at radius 1 is 1.46 bits per heavy atom. The lowest BCUT2D eigenvalue weighted by Crippen LogP contribution is -2.36. The Labute approximate surface area is 81.6 Å². The van der Waals surface area contributed by atoms with Gasteiger partial charge in [-0.2, -0.15) is 0 Å². The minimum absolute atomic E-state index is 0.433. The number of rotatable bonds is 4. The van der Waals surface area contributed by atoms with Crippen molar-refractivity contribution < 1.29 is 0 Å². The normalized spacial score (nSPS) is 20.6. The molecule has 0 heterocycles. The maximum Gasteiger partial charge on any atom is 0.0419 e. The molecule has 0 radical (unpaired) electrons. The standard InChI is InChI=1S/C11H22N2/c1-2-7-11(13-12)10-8-5-3-4-6-9-10/h8,11,13H,2-7,9,12H2,1H3. The van der Waals surface area contributed by atoms with Crippen molar-refractivity contribution in [2.75, 3.05) is 0 Å². The summed E-state index contributed by atoms with van der Waals surface area (Å²) >= 11 is 0. The van der Waals surface area contributed by atoms with Gasteiger partial charge >= 0.3 is 0 Å². The molecule has 1 atom stereocenters. The maximum atomic E-state index is 5.55. The second-order valence-electron chi connectivity index (χ2n) is 3.89. The Balaban J connectivity index is 2.49. The van der Waals surface area contributed by atoms with E-state index in [1.54, 1.807) is 5.57 Å². The SMILES string of the molecule is CCCC(NN)C1=CCCCCC1. The van der Waals surface area contributed by atoms with E-state index < -0.39 is 0 Å². The van der Waals surface area contributed by atoms with E-state index >= 15 is 0 Å². The molecule has 1 unspecified atom stereocenters. The number of nitrogens with two attached hydrogens (primary N) is 1. The summed E-state index contributed by atoms with van der Waals surface area (Å²) in [7, 11) is 0. The van der Waals surface area contributed by atoms with Gasteiger partial charge in [-0.3, -0.25) is 11.3 Å². The average Bonchev–Trinajstić information content (AvgIpc) is 2.42. The molecule has 0 spiro atoms. The van der Waals surface area contributed by atoms with Crippen LogP contribution in [0.25, 0.3) is 0 Å². The quantitative estimate of drug-likeness (QED) is 0.398. The molecule has 0 aromatic carbocycles. The number of hydrogen-bond donors (Lipinski definition) is 2. The average molecular weight is 182 g/mol. The highest BCUT2D eigenvalue weighted by Gasteiger charge is 2.12. The Hall–Kier alpha value is -0.340. The van der Waals surface area contributed by atoms with Crippen molar-refractivity contribution in [2.45, 2.75) is 57.9 Å². The summed E-state index contributed by atoms with van der Waals surface area (Å²) in [4.78, 5) is 0. The molecule has 2 heteroatoms. The van der Waals surface area contributed by atoms with Crippen molar-refractivity contribution in [1.82, 2.24) is 5.43 Å². The van der Waals surface area contributed by atoms with Crippen LogP contribution in [0.2, 0.25) is 0 Å². The number of nitrogens with one attached hydrogen (secondary N) is 1. The summed E-state index contributed by atoms with van der Waals surface area (Å²) < 4.78 is 0. The van der Waals surface area contributed by atoms with Crippen LogP contribution < -0.4 is 11.3 Å². The minimum Gasteiger partial charge on any atom is -0.271 e. The molecule has 1 aliphatic carbocycles. The Morgan fingerprint density at radius 3 is 3.00 bits per heavy atom. The second kappa shape index (κ2) is 6.17. The number of allylic oxidation sites excluding steroid dienone is 1. The fourth-order valence-corrected chi connectivity index (χ4v) is 2.02. The van der Waals surface area contributed by atoms with Crippen LogP contribution in [0.4, 0.5) is 0 Å². The lowest BCUT2D eigenvalue weighted by molar-refractivity contribution is 0.526. The molecule has 0 bridgehead atoms. The van der Waals surface area contributed by atoms with Gasteiger partial charge in [0.2, 0.25) is 0 Å². The van der Waals surface area contributed by atoms with Crippen LogP contribution in [0.5, 0.6) is 0 Å². The number of hydrazine groups is 1. The first-order chi connectivity index (χ1) is 6.38. The lowest BCUT2D eigenvalue weighted by atomic mass is 9.99. The lowest BCUT2D eigenvalue weighted by Gasteiger charge is -2.18. The van der Waals surface area contributed by atoms with Gasteiger partial charge in [0.15, 0.2) is 0 Å². The van der Waals surface area contributed by atoms with E-state index in [0.717, 1.165) is 0 Å². The van der Waals surface area contributed by atoms with Gasteiger partial charge in [0.25, 0.3) is 0 Å². The molecular weight excluding hydrogens is 160 g/mol. The van der Waals surface area contributed by atoms with E-state index in [1.165, 1.54) is 44.9 Å². The Kier molecular flexibility index (Phi) is 5.09. The molecule has 13 heavy (non-hydrogen) atoms. The third kappa shape index (κ3) is 3.49. The second-order valence-corrected chi connectivity index (χ2v) is 3.89. The zero-order valence-electron chi connectivity index (χ0n) is 8.68. The van der Waals surface area contributed by atoms with Gasteiger partial charge in [0.05, 0.1) is 0 Å². The molecule has 0 amide bonds. The summed E-state index contributed by atoms with van der Waals surface area (Å²) in [5, 5.41) is 0. The van der Waals surface area contributed by atoms with Gasteiger partial charge < -0.3 is 0 Å². The van der Waals surface area contributed by atoms with Crippen LogP contribution in [0.1, 0.15) is 51.9 Å². The summed E-state index contributed by atoms with van der Waals surface area (Å²) in [5.41, 5.74) is 4.48. The van der Waals surface area contributed by atoms with Gasteiger partial charge in [-0.25, -0.2) is 0 Å². The van der Waals surface area contributed by atoms with Gasteiger partial charge in [-0.05, 0) is 32.1 Å². The summed E-state index contributed by atoms with van der Waals surface area (Å²) in [6.45, 7) is 2.21. The Bertz CT molecular complexity index is 163. The molecule has 0 aliphatic heterocycles. The molecule has 2 nitrogen and oxygen atoms in total. The van der Waals surface area contributed by atoms with Gasteiger partial charge in [-0.1, -0.05) is 31.4 Å². The van der Waals surface area contributed by atoms with Gasteiger partial charge in [0, 0.05) is 6.04 Å². The van der Waals surface area contributed by atoms with Crippen molar-refractivity contribution in [3.63, 3.8) is 0 Å². The molecule has 0 saturated heterocycles.